The summed E-state index contributed by atoms with van der Waals surface area (Å²) in [5.41, 5.74) is 0.966. The van der Waals surface area contributed by atoms with Gasteiger partial charge in [0, 0.05) is 5.02 Å². The first-order chi connectivity index (χ1) is 10.5. The molecule has 2 aromatic carbocycles. The van der Waals surface area contributed by atoms with Gasteiger partial charge in [-0.1, -0.05) is 64.1 Å². The molecule has 22 heavy (non-hydrogen) atoms. The molecule has 0 fully saturated rings. The maximum Gasteiger partial charge on any atom is 0.249 e. The number of aromatic nitrogens is 2. The monoisotopic (exact) mass is 392 g/mol. The van der Waals surface area contributed by atoms with Crippen molar-refractivity contribution in [2.45, 2.75) is 0 Å². The van der Waals surface area contributed by atoms with Gasteiger partial charge in [-0.25, -0.2) is 0 Å². The van der Waals surface area contributed by atoms with Gasteiger partial charge in [-0.15, -0.1) is 10.2 Å². The van der Waals surface area contributed by atoms with Crippen LogP contribution >= 0.6 is 58.0 Å². The van der Waals surface area contributed by atoms with Gasteiger partial charge in [-0.3, -0.25) is 0 Å². The molecule has 1 aromatic heterocycles. The van der Waals surface area contributed by atoms with Crippen molar-refractivity contribution >= 4 is 58.0 Å². The molecular formula is C14H5Cl5N2O. The Morgan fingerprint density at radius 1 is 0.727 bits per heavy atom. The molecule has 0 unspecified atom stereocenters. The summed E-state index contributed by atoms with van der Waals surface area (Å²) in [6.07, 6.45) is 0. The molecule has 0 amide bonds. The summed E-state index contributed by atoms with van der Waals surface area (Å²) in [7, 11) is 0. The smallest absolute Gasteiger partial charge is 0.249 e. The summed E-state index contributed by atoms with van der Waals surface area (Å²) in [5.74, 6) is 0.398. The lowest BCUT2D eigenvalue weighted by atomic mass is 10.2. The largest absolute Gasteiger partial charge is 0.416 e. The SMILES string of the molecule is Clc1cc(Cl)c(Cl)c(-c2nnc(-c3cccc(Cl)c3Cl)o2)c1. The Morgan fingerprint density at radius 3 is 2.09 bits per heavy atom. The van der Waals surface area contributed by atoms with Crippen LogP contribution in [0.15, 0.2) is 34.7 Å². The predicted octanol–water partition coefficient (Wildman–Crippen LogP) is 6.67. The third kappa shape index (κ3) is 2.92. The van der Waals surface area contributed by atoms with E-state index in [0.29, 0.717) is 31.2 Å². The Labute approximate surface area is 150 Å². The Bertz CT molecular complexity index is 862. The van der Waals surface area contributed by atoms with Gasteiger partial charge < -0.3 is 4.42 Å². The lowest BCUT2D eigenvalue weighted by Gasteiger charge is -2.03. The first-order valence-electron chi connectivity index (χ1n) is 5.90. The highest BCUT2D eigenvalue weighted by Crippen LogP contribution is 2.38. The zero-order valence-electron chi connectivity index (χ0n) is 10.6. The maximum atomic E-state index is 6.15. The Balaban J connectivity index is 2.10. The highest BCUT2D eigenvalue weighted by molar-refractivity contribution is 6.45. The zero-order valence-corrected chi connectivity index (χ0v) is 14.4. The Morgan fingerprint density at radius 2 is 1.36 bits per heavy atom. The van der Waals surface area contributed by atoms with Crippen molar-refractivity contribution in [3.63, 3.8) is 0 Å². The summed E-state index contributed by atoms with van der Waals surface area (Å²) < 4.78 is 5.62. The fourth-order valence-electron chi connectivity index (χ4n) is 1.82. The Kier molecular flexibility index (Phi) is 4.53. The van der Waals surface area contributed by atoms with Gasteiger partial charge in [0.25, 0.3) is 0 Å². The van der Waals surface area contributed by atoms with Crippen LogP contribution in [0.1, 0.15) is 0 Å². The van der Waals surface area contributed by atoms with Gasteiger partial charge in [-0.05, 0) is 24.3 Å². The third-order valence-electron chi connectivity index (χ3n) is 2.83. The molecule has 112 valence electrons. The van der Waals surface area contributed by atoms with Crippen molar-refractivity contribution in [1.29, 1.82) is 0 Å². The number of rotatable bonds is 2. The van der Waals surface area contributed by atoms with Crippen LogP contribution in [0.2, 0.25) is 25.1 Å². The molecule has 3 rings (SSSR count). The maximum absolute atomic E-state index is 6.15. The van der Waals surface area contributed by atoms with E-state index in [2.05, 4.69) is 10.2 Å². The number of halogens is 5. The summed E-state index contributed by atoms with van der Waals surface area (Å²) in [6.45, 7) is 0. The van der Waals surface area contributed by atoms with E-state index in [0.717, 1.165) is 0 Å². The minimum atomic E-state index is 0.181. The van der Waals surface area contributed by atoms with E-state index in [4.69, 9.17) is 62.4 Å². The van der Waals surface area contributed by atoms with E-state index in [1.807, 2.05) is 0 Å². The lowest BCUT2D eigenvalue weighted by Crippen LogP contribution is -1.81. The number of hydrogen-bond donors (Lipinski definition) is 0. The lowest BCUT2D eigenvalue weighted by molar-refractivity contribution is 0.584. The first kappa shape index (κ1) is 15.9. The van der Waals surface area contributed by atoms with Crippen molar-refractivity contribution < 1.29 is 4.42 Å². The average molecular weight is 394 g/mol. The second-order valence-electron chi connectivity index (χ2n) is 4.26. The molecule has 0 radical (unpaired) electrons. The van der Waals surface area contributed by atoms with Crippen LogP contribution in [0.5, 0.6) is 0 Å². The molecule has 0 N–H and O–H groups in total. The van der Waals surface area contributed by atoms with E-state index in [9.17, 15) is 0 Å². The van der Waals surface area contributed by atoms with Crippen molar-refractivity contribution in [2.75, 3.05) is 0 Å². The van der Waals surface area contributed by atoms with Crippen LogP contribution in [-0.4, -0.2) is 10.2 Å². The van der Waals surface area contributed by atoms with Crippen molar-refractivity contribution in [2.24, 2.45) is 0 Å². The van der Waals surface area contributed by atoms with Gasteiger partial charge in [0.15, 0.2) is 0 Å². The fraction of sp³-hybridized carbons (Fsp3) is 0. The normalized spacial score (nSPS) is 11.0. The average Bonchev–Trinajstić information content (AvgIpc) is 2.95. The highest BCUT2D eigenvalue weighted by Gasteiger charge is 2.18. The summed E-state index contributed by atoms with van der Waals surface area (Å²) >= 11 is 30.2. The van der Waals surface area contributed by atoms with Crippen molar-refractivity contribution in [3.05, 3.63) is 55.4 Å². The second kappa shape index (κ2) is 6.26. The van der Waals surface area contributed by atoms with Crippen LogP contribution in [0.25, 0.3) is 22.9 Å². The molecular weight excluding hydrogens is 389 g/mol. The molecule has 0 spiro atoms. The van der Waals surface area contributed by atoms with Crippen LogP contribution in [0, 0.1) is 0 Å². The van der Waals surface area contributed by atoms with E-state index in [-0.39, 0.29) is 16.8 Å². The van der Waals surface area contributed by atoms with E-state index >= 15 is 0 Å². The topological polar surface area (TPSA) is 38.9 Å². The van der Waals surface area contributed by atoms with Crippen molar-refractivity contribution in [3.8, 4) is 22.9 Å². The molecule has 0 bridgehead atoms. The molecule has 0 saturated heterocycles. The molecule has 0 aliphatic rings. The number of benzene rings is 2. The van der Waals surface area contributed by atoms with Crippen molar-refractivity contribution in [1.82, 2.24) is 10.2 Å². The van der Waals surface area contributed by atoms with E-state index < -0.39 is 0 Å². The molecule has 0 aliphatic carbocycles. The first-order valence-corrected chi connectivity index (χ1v) is 7.79. The number of nitrogens with zero attached hydrogens (tertiary/aromatic N) is 2. The second-order valence-corrected chi connectivity index (χ2v) is 6.27. The fourth-order valence-corrected chi connectivity index (χ4v) is 2.89. The standard InChI is InChI=1S/C14H5Cl5N2O/c15-6-4-8(12(19)10(17)5-6)14-21-20-13(22-14)7-2-1-3-9(16)11(7)18/h1-5H. The molecule has 0 saturated carbocycles. The Hall–Kier alpha value is -0.970. The predicted molar refractivity (Wildman–Crippen MR) is 90.2 cm³/mol. The summed E-state index contributed by atoms with van der Waals surface area (Å²) in [5, 5.41) is 9.62. The van der Waals surface area contributed by atoms with Gasteiger partial charge in [0.1, 0.15) is 0 Å². The molecule has 0 atom stereocenters. The third-order valence-corrected chi connectivity index (χ3v) is 4.67. The van der Waals surface area contributed by atoms with E-state index in [1.54, 1.807) is 24.3 Å². The molecule has 3 nitrogen and oxygen atoms in total. The van der Waals surface area contributed by atoms with Gasteiger partial charge >= 0.3 is 0 Å². The summed E-state index contributed by atoms with van der Waals surface area (Å²) in [4.78, 5) is 0. The quantitative estimate of drug-likeness (QED) is 0.456. The minimum Gasteiger partial charge on any atom is -0.416 e. The zero-order chi connectivity index (χ0) is 15.9. The van der Waals surface area contributed by atoms with Gasteiger partial charge in [-0.2, -0.15) is 0 Å². The minimum absolute atomic E-state index is 0.181. The molecule has 0 aliphatic heterocycles. The molecule has 1 heterocycles. The van der Waals surface area contributed by atoms with Gasteiger partial charge in [0.2, 0.25) is 11.8 Å². The number of hydrogen-bond acceptors (Lipinski definition) is 3. The molecule has 3 aromatic rings. The highest BCUT2D eigenvalue weighted by atomic mass is 35.5. The van der Waals surface area contributed by atoms with Crippen LogP contribution in [-0.2, 0) is 0 Å². The molecule has 8 heteroatoms. The van der Waals surface area contributed by atoms with Crippen LogP contribution < -0.4 is 0 Å². The summed E-state index contributed by atoms with van der Waals surface area (Å²) in [6, 6.07) is 8.24. The van der Waals surface area contributed by atoms with Crippen LogP contribution in [0.4, 0.5) is 0 Å². The van der Waals surface area contributed by atoms with E-state index in [1.165, 1.54) is 6.07 Å². The van der Waals surface area contributed by atoms with Crippen LogP contribution in [0.3, 0.4) is 0 Å². The van der Waals surface area contributed by atoms with Gasteiger partial charge in [0.05, 0.1) is 31.2 Å².